The van der Waals surface area contributed by atoms with Crippen LogP contribution in [0, 0.1) is 0 Å². The number of ether oxygens (including phenoxy) is 2. The average molecular weight is 420 g/mol. The first-order valence-electron chi connectivity index (χ1n) is 9.91. The van der Waals surface area contributed by atoms with Crippen LogP contribution in [0.3, 0.4) is 0 Å². The predicted molar refractivity (Wildman–Crippen MR) is 123 cm³/mol. The topological polar surface area (TPSA) is 60.6 Å². The summed E-state index contributed by atoms with van der Waals surface area (Å²) in [6, 6.07) is 24.4. The summed E-state index contributed by atoms with van der Waals surface area (Å²) in [5, 5.41) is 0.977. The van der Waals surface area contributed by atoms with Gasteiger partial charge in [0.25, 0.3) is 0 Å². The second-order valence-corrected chi connectivity index (χ2v) is 7.94. The van der Waals surface area contributed by atoms with Crippen LogP contribution in [0.1, 0.15) is 11.1 Å². The summed E-state index contributed by atoms with van der Waals surface area (Å²) in [5.41, 5.74) is 9.13. The fourth-order valence-corrected chi connectivity index (χ4v) is 4.27. The van der Waals surface area contributed by atoms with Crippen LogP contribution in [0.4, 0.5) is 5.13 Å². The molecule has 0 unspecified atom stereocenters. The Morgan fingerprint density at radius 2 is 1.73 bits per heavy atom. The lowest BCUT2D eigenvalue weighted by Crippen LogP contribution is -2.28. The van der Waals surface area contributed by atoms with Gasteiger partial charge in [0.1, 0.15) is 6.61 Å². The normalized spacial score (nSPS) is 10.9. The van der Waals surface area contributed by atoms with E-state index in [1.54, 1.807) is 18.4 Å². The number of nitrogens with zero attached hydrogens (tertiary/aromatic N) is 2. The quantitative estimate of drug-likeness (QED) is 0.420. The van der Waals surface area contributed by atoms with Crippen molar-refractivity contribution in [3.63, 3.8) is 0 Å². The molecule has 0 radical (unpaired) electrons. The fraction of sp³-hybridized carbons (Fsp3) is 0.208. The Kier molecular flexibility index (Phi) is 6.47. The van der Waals surface area contributed by atoms with Gasteiger partial charge in [-0.25, -0.2) is 4.98 Å². The molecule has 0 spiro atoms. The molecule has 1 heterocycles. The number of benzene rings is 3. The molecule has 2 N–H and O–H groups in total. The molecule has 4 rings (SSSR count). The van der Waals surface area contributed by atoms with Crippen molar-refractivity contribution >= 4 is 26.7 Å². The summed E-state index contributed by atoms with van der Waals surface area (Å²) >= 11 is 1.69. The van der Waals surface area contributed by atoms with Crippen LogP contribution in [0.25, 0.3) is 10.2 Å². The first kappa shape index (κ1) is 20.2. The molecule has 0 atom stereocenters. The van der Waals surface area contributed by atoms with Crippen molar-refractivity contribution in [3.05, 3.63) is 83.9 Å². The Bertz CT molecular complexity index is 1070. The molecular weight excluding hydrogens is 394 g/mol. The highest BCUT2D eigenvalue weighted by atomic mass is 32.1. The van der Waals surface area contributed by atoms with E-state index in [1.165, 1.54) is 4.70 Å². The fourth-order valence-electron chi connectivity index (χ4n) is 3.28. The summed E-state index contributed by atoms with van der Waals surface area (Å²) in [5.74, 6) is 1.45. The van der Waals surface area contributed by atoms with Gasteiger partial charge in [-0.2, -0.15) is 0 Å². The van der Waals surface area contributed by atoms with Gasteiger partial charge in [0.05, 0.1) is 17.3 Å². The molecular formula is C24H25N3O2S. The highest BCUT2D eigenvalue weighted by Crippen LogP contribution is 2.32. The SMILES string of the molecule is COc1cc(CN(CCN)c2nc3ccccc3s2)ccc1OCc1ccccc1. The van der Waals surface area contributed by atoms with E-state index in [0.717, 1.165) is 39.8 Å². The highest BCUT2D eigenvalue weighted by Gasteiger charge is 2.14. The number of hydrogen-bond donors (Lipinski definition) is 1. The summed E-state index contributed by atoms with van der Waals surface area (Å²) in [7, 11) is 1.67. The molecule has 0 amide bonds. The number of methoxy groups -OCH3 is 1. The third-order valence-electron chi connectivity index (χ3n) is 4.79. The molecule has 0 saturated carbocycles. The van der Waals surface area contributed by atoms with E-state index in [-0.39, 0.29) is 0 Å². The van der Waals surface area contributed by atoms with Gasteiger partial charge in [-0.15, -0.1) is 0 Å². The van der Waals surface area contributed by atoms with E-state index in [4.69, 9.17) is 20.2 Å². The lowest BCUT2D eigenvalue weighted by Gasteiger charge is -2.22. The smallest absolute Gasteiger partial charge is 0.186 e. The van der Waals surface area contributed by atoms with E-state index in [2.05, 4.69) is 17.0 Å². The van der Waals surface area contributed by atoms with Crippen molar-refractivity contribution in [1.29, 1.82) is 0 Å². The van der Waals surface area contributed by atoms with E-state index < -0.39 is 0 Å². The Hall–Kier alpha value is -3.09. The number of thiazole rings is 1. The van der Waals surface area contributed by atoms with Gasteiger partial charge in [-0.3, -0.25) is 0 Å². The largest absolute Gasteiger partial charge is 0.493 e. The van der Waals surface area contributed by atoms with Gasteiger partial charge in [0.15, 0.2) is 16.6 Å². The Morgan fingerprint density at radius 3 is 2.50 bits per heavy atom. The third kappa shape index (κ3) is 4.72. The lowest BCUT2D eigenvalue weighted by molar-refractivity contribution is 0.284. The van der Waals surface area contributed by atoms with E-state index in [1.807, 2.05) is 60.7 Å². The maximum absolute atomic E-state index is 5.98. The number of anilines is 1. The molecule has 0 bridgehead atoms. The lowest BCUT2D eigenvalue weighted by atomic mass is 10.2. The van der Waals surface area contributed by atoms with Gasteiger partial charge in [-0.05, 0) is 35.4 Å². The number of para-hydroxylation sites is 1. The molecule has 154 valence electrons. The molecule has 0 aliphatic rings. The summed E-state index contributed by atoms with van der Waals surface area (Å²) in [4.78, 5) is 7.00. The summed E-state index contributed by atoms with van der Waals surface area (Å²) < 4.78 is 12.7. The molecule has 3 aromatic carbocycles. The van der Waals surface area contributed by atoms with Crippen LogP contribution in [-0.2, 0) is 13.2 Å². The standard InChI is InChI=1S/C24H25N3O2S/c1-28-22-15-19(11-12-21(22)29-17-18-7-3-2-4-8-18)16-27(14-13-25)24-26-20-9-5-6-10-23(20)30-24/h2-12,15H,13-14,16-17,25H2,1H3. The zero-order valence-electron chi connectivity index (χ0n) is 17.0. The van der Waals surface area contributed by atoms with Crippen LogP contribution >= 0.6 is 11.3 Å². The van der Waals surface area contributed by atoms with Gasteiger partial charge in [0.2, 0.25) is 0 Å². The minimum Gasteiger partial charge on any atom is -0.493 e. The second kappa shape index (κ2) is 9.61. The van der Waals surface area contributed by atoms with E-state index in [9.17, 15) is 0 Å². The number of nitrogens with two attached hydrogens (primary N) is 1. The maximum Gasteiger partial charge on any atom is 0.186 e. The Balaban J connectivity index is 1.51. The molecule has 0 aliphatic carbocycles. The second-order valence-electron chi connectivity index (χ2n) is 6.93. The summed E-state index contributed by atoms with van der Waals surface area (Å²) in [6.45, 7) is 2.49. The first-order valence-corrected chi connectivity index (χ1v) is 10.7. The molecule has 5 nitrogen and oxygen atoms in total. The van der Waals surface area contributed by atoms with Gasteiger partial charge >= 0.3 is 0 Å². The van der Waals surface area contributed by atoms with Crippen molar-refractivity contribution in [2.75, 3.05) is 25.1 Å². The van der Waals surface area contributed by atoms with Crippen LogP contribution < -0.4 is 20.1 Å². The molecule has 1 aromatic heterocycles. The number of hydrogen-bond acceptors (Lipinski definition) is 6. The van der Waals surface area contributed by atoms with Crippen molar-refractivity contribution in [1.82, 2.24) is 4.98 Å². The third-order valence-corrected chi connectivity index (χ3v) is 5.89. The number of rotatable bonds is 9. The zero-order chi connectivity index (χ0) is 20.8. The highest BCUT2D eigenvalue weighted by molar-refractivity contribution is 7.22. The van der Waals surface area contributed by atoms with E-state index >= 15 is 0 Å². The van der Waals surface area contributed by atoms with E-state index in [0.29, 0.717) is 19.7 Å². The zero-order valence-corrected chi connectivity index (χ0v) is 17.8. The molecule has 6 heteroatoms. The predicted octanol–water partition coefficient (Wildman–Crippen LogP) is 4.85. The molecule has 0 saturated heterocycles. The van der Waals surface area contributed by atoms with Crippen molar-refractivity contribution in [2.45, 2.75) is 13.2 Å². The maximum atomic E-state index is 5.98. The van der Waals surface area contributed by atoms with Crippen LogP contribution in [0.2, 0.25) is 0 Å². The molecule has 0 fully saturated rings. The molecule has 30 heavy (non-hydrogen) atoms. The van der Waals surface area contributed by atoms with Crippen molar-refractivity contribution in [2.24, 2.45) is 5.73 Å². The minimum absolute atomic E-state index is 0.502. The van der Waals surface area contributed by atoms with Crippen molar-refractivity contribution < 1.29 is 9.47 Å². The van der Waals surface area contributed by atoms with Gasteiger partial charge < -0.3 is 20.1 Å². The minimum atomic E-state index is 0.502. The molecule has 0 aliphatic heterocycles. The van der Waals surface area contributed by atoms with Crippen LogP contribution in [0.5, 0.6) is 11.5 Å². The monoisotopic (exact) mass is 419 g/mol. The summed E-state index contributed by atoms with van der Waals surface area (Å²) in [6.07, 6.45) is 0. The number of aromatic nitrogens is 1. The van der Waals surface area contributed by atoms with Gasteiger partial charge in [-0.1, -0.05) is 59.9 Å². The molecule has 4 aromatic rings. The Morgan fingerprint density at radius 1 is 0.933 bits per heavy atom. The van der Waals surface area contributed by atoms with Gasteiger partial charge in [0, 0.05) is 19.6 Å². The van der Waals surface area contributed by atoms with Crippen molar-refractivity contribution in [3.8, 4) is 11.5 Å². The van der Waals surface area contributed by atoms with Crippen LogP contribution in [0.15, 0.2) is 72.8 Å². The first-order chi connectivity index (χ1) is 14.8. The average Bonchev–Trinajstić information content (AvgIpc) is 3.23. The Labute approximate surface area is 180 Å². The number of fused-ring (bicyclic) bond motifs is 1. The van der Waals surface area contributed by atoms with Crippen LogP contribution in [-0.4, -0.2) is 25.2 Å².